The third-order valence-electron chi connectivity index (χ3n) is 1.91. The third-order valence-corrected chi connectivity index (χ3v) is 3.24. The molecule has 2 heteroatoms. The number of rotatable bonds is 2. The first kappa shape index (κ1) is 9.58. The molecule has 0 N–H and O–H groups in total. The molecule has 56 valence electrons. The van der Waals surface area contributed by atoms with Crippen molar-refractivity contribution in [1.82, 2.24) is 0 Å². The van der Waals surface area contributed by atoms with Crippen LogP contribution in [0.3, 0.4) is 0 Å². The van der Waals surface area contributed by atoms with Gasteiger partial charge >= 0.3 is 0 Å². The molecule has 0 amide bonds. The lowest BCUT2D eigenvalue weighted by Gasteiger charge is -2.28. The molecule has 0 heterocycles. The maximum atomic E-state index is 6.07. The first-order valence-electron chi connectivity index (χ1n) is 3.22. The minimum absolute atomic E-state index is 0.0270. The van der Waals surface area contributed by atoms with Crippen LogP contribution in [-0.4, -0.2) is 10.3 Å². The van der Waals surface area contributed by atoms with Crippen molar-refractivity contribution in [2.45, 2.75) is 37.9 Å². The van der Waals surface area contributed by atoms with Gasteiger partial charge in [0.15, 0.2) is 0 Å². The topological polar surface area (TPSA) is 0 Å². The average Bonchev–Trinajstić information content (AvgIpc) is 1.65. The second-order valence-corrected chi connectivity index (χ2v) is 4.39. The molecule has 2 unspecified atom stereocenters. The summed E-state index contributed by atoms with van der Waals surface area (Å²) in [5, 5.41) is 0.0270. The molecule has 0 aromatic rings. The Morgan fingerprint density at radius 3 is 1.56 bits per heavy atom. The molecular weight excluding hydrogens is 155 g/mol. The molecule has 0 aliphatic heterocycles. The molecule has 0 rings (SSSR count). The molecule has 0 saturated heterocycles. The van der Waals surface area contributed by atoms with E-state index in [4.69, 9.17) is 23.2 Å². The summed E-state index contributed by atoms with van der Waals surface area (Å²) in [6, 6.07) is 0. The summed E-state index contributed by atoms with van der Waals surface area (Å²) in [6.07, 6.45) is 0. The molecule has 0 spiro atoms. The third kappa shape index (κ3) is 2.35. The molecule has 0 fully saturated rings. The summed E-state index contributed by atoms with van der Waals surface area (Å²) < 4.78 is 0. The molecule has 0 bridgehead atoms. The van der Waals surface area contributed by atoms with Gasteiger partial charge in [0.1, 0.15) is 0 Å². The van der Waals surface area contributed by atoms with Crippen molar-refractivity contribution in [3.8, 4) is 0 Å². The van der Waals surface area contributed by atoms with Crippen LogP contribution in [0.25, 0.3) is 0 Å². The van der Waals surface area contributed by atoms with E-state index in [1.807, 2.05) is 13.8 Å². The van der Waals surface area contributed by atoms with Gasteiger partial charge in [-0.3, -0.25) is 0 Å². The molecule has 0 aliphatic rings. The summed E-state index contributed by atoms with van der Waals surface area (Å²) in [5.41, 5.74) is 0. The normalized spacial score (nSPS) is 21.7. The van der Waals surface area contributed by atoms with Gasteiger partial charge in [0.05, 0.1) is 4.87 Å². The van der Waals surface area contributed by atoms with Crippen molar-refractivity contribution in [3.05, 3.63) is 0 Å². The van der Waals surface area contributed by atoms with Crippen molar-refractivity contribution in [2.75, 3.05) is 0 Å². The monoisotopic (exact) mass is 168 g/mol. The van der Waals surface area contributed by atoms with E-state index in [0.717, 1.165) is 0 Å². The van der Waals surface area contributed by atoms with Gasteiger partial charge in [0, 0.05) is 5.38 Å². The predicted octanol–water partition coefficient (Wildman–Crippen LogP) is 3.27. The van der Waals surface area contributed by atoms with Crippen molar-refractivity contribution < 1.29 is 0 Å². The SMILES string of the molecule is CC(C)C(C)(Cl)C(C)Cl. The lowest BCUT2D eigenvalue weighted by Crippen LogP contribution is -2.32. The summed E-state index contributed by atoms with van der Waals surface area (Å²) in [4.78, 5) is -0.262. The lowest BCUT2D eigenvalue weighted by molar-refractivity contribution is 0.450. The highest BCUT2D eigenvalue weighted by molar-refractivity contribution is 6.32. The van der Waals surface area contributed by atoms with Crippen LogP contribution in [-0.2, 0) is 0 Å². The fourth-order valence-electron chi connectivity index (χ4n) is 0.459. The van der Waals surface area contributed by atoms with E-state index in [0.29, 0.717) is 5.92 Å². The Morgan fingerprint density at radius 1 is 1.22 bits per heavy atom. The van der Waals surface area contributed by atoms with E-state index in [-0.39, 0.29) is 10.3 Å². The van der Waals surface area contributed by atoms with Crippen LogP contribution in [0, 0.1) is 5.92 Å². The Balaban J connectivity index is 4.01. The molecular formula is C7H14Cl2. The van der Waals surface area contributed by atoms with Crippen LogP contribution in [0.1, 0.15) is 27.7 Å². The second-order valence-electron chi connectivity index (χ2n) is 2.92. The predicted molar refractivity (Wildman–Crippen MR) is 44.4 cm³/mol. The van der Waals surface area contributed by atoms with Crippen molar-refractivity contribution in [1.29, 1.82) is 0 Å². The molecule has 0 aromatic carbocycles. The molecule has 0 aliphatic carbocycles. The van der Waals surface area contributed by atoms with Gasteiger partial charge in [-0.05, 0) is 19.8 Å². The van der Waals surface area contributed by atoms with Crippen LogP contribution in [0.4, 0.5) is 0 Å². The summed E-state index contributed by atoms with van der Waals surface area (Å²) in [5.74, 6) is 0.423. The van der Waals surface area contributed by atoms with Crippen LogP contribution in [0.2, 0.25) is 0 Å². The minimum atomic E-state index is -0.262. The highest BCUT2D eigenvalue weighted by Gasteiger charge is 2.30. The number of hydrogen-bond donors (Lipinski definition) is 0. The molecule has 9 heavy (non-hydrogen) atoms. The molecule has 0 aromatic heterocycles. The fraction of sp³-hybridized carbons (Fsp3) is 1.00. The van der Waals surface area contributed by atoms with Gasteiger partial charge in [0.25, 0.3) is 0 Å². The lowest BCUT2D eigenvalue weighted by atomic mass is 9.94. The van der Waals surface area contributed by atoms with Crippen LogP contribution in [0.5, 0.6) is 0 Å². The average molecular weight is 169 g/mol. The minimum Gasteiger partial charge on any atom is -0.121 e. The molecule has 0 radical (unpaired) electrons. The summed E-state index contributed by atoms with van der Waals surface area (Å²) in [6.45, 7) is 8.04. The quantitative estimate of drug-likeness (QED) is 0.556. The van der Waals surface area contributed by atoms with Crippen molar-refractivity contribution in [3.63, 3.8) is 0 Å². The van der Waals surface area contributed by atoms with E-state index in [1.165, 1.54) is 0 Å². The number of hydrogen-bond acceptors (Lipinski definition) is 0. The Morgan fingerprint density at radius 2 is 1.56 bits per heavy atom. The van der Waals surface area contributed by atoms with Crippen molar-refractivity contribution >= 4 is 23.2 Å². The summed E-state index contributed by atoms with van der Waals surface area (Å²) in [7, 11) is 0. The maximum Gasteiger partial charge on any atom is 0.0601 e. The standard InChI is InChI=1S/C7H14Cl2/c1-5(2)7(4,9)6(3)8/h5-6H,1-4H3. The first-order valence-corrected chi connectivity index (χ1v) is 4.03. The van der Waals surface area contributed by atoms with Crippen LogP contribution in [0.15, 0.2) is 0 Å². The maximum absolute atomic E-state index is 6.07. The summed E-state index contributed by atoms with van der Waals surface area (Å²) >= 11 is 11.9. The Labute approximate surface area is 67.5 Å². The van der Waals surface area contributed by atoms with Gasteiger partial charge in [0.2, 0.25) is 0 Å². The highest BCUT2D eigenvalue weighted by Crippen LogP contribution is 2.31. The van der Waals surface area contributed by atoms with E-state index in [9.17, 15) is 0 Å². The number of halogens is 2. The van der Waals surface area contributed by atoms with Crippen molar-refractivity contribution in [2.24, 2.45) is 5.92 Å². The van der Waals surface area contributed by atoms with E-state index in [2.05, 4.69) is 13.8 Å². The zero-order chi connectivity index (χ0) is 7.65. The van der Waals surface area contributed by atoms with E-state index in [1.54, 1.807) is 0 Å². The van der Waals surface area contributed by atoms with Crippen LogP contribution < -0.4 is 0 Å². The van der Waals surface area contributed by atoms with Gasteiger partial charge in [-0.25, -0.2) is 0 Å². The Hall–Kier alpha value is 0.580. The van der Waals surface area contributed by atoms with Gasteiger partial charge < -0.3 is 0 Å². The second kappa shape index (κ2) is 3.12. The van der Waals surface area contributed by atoms with Crippen LogP contribution >= 0.6 is 23.2 Å². The molecule has 2 atom stereocenters. The van der Waals surface area contributed by atoms with Gasteiger partial charge in [-0.15, -0.1) is 23.2 Å². The first-order chi connectivity index (χ1) is 3.89. The highest BCUT2D eigenvalue weighted by atomic mass is 35.5. The fourth-order valence-corrected chi connectivity index (χ4v) is 0.711. The van der Waals surface area contributed by atoms with Gasteiger partial charge in [-0.2, -0.15) is 0 Å². The van der Waals surface area contributed by atoms with E-state index < -0.39 is 0 Å². The Bertz CT molecular complexity index is 74.9. The van der Waals surface area contributed by atoms with Gasteiger partial charge in [-0.1, -0.05) is 13.8 Å². The zero-order valence-electron chi connectivity index (χ0n) is 6.41. The molecule has 0 nitrogen and oxygen atoms in total. The molecule has 0 saturated carbocycles. The number of alkyl halides is 2. The zero-order valence-corrected chi connectivity index (χ0v) is 7.92. The van der Waals surface area contributed by atoms with E-state index >= 15 is 0 Å². The Kier molecular flexibility index (Phi) is 3.32. The smallest absolute Gasteiger partial charge is 0.0601 e. The largest absolute Gasteiger partial charge is 0.121 e.